The minimum atomic E-state index is -0.140. The second kappa shape index (κ2) is 9.94. The van der Waals surface area contributed by atoms with Gasteiger partial charge in [0.25, 0.3) is 0 Å². The predicted molar refractivity (Wildman–Crippen MR) is 134 cm³/mol. The second-order valence-electron chi connectivity index (χ2n) is 7.23. The van der Waals surface area contributed by atoms with E-state index in [0.29, 0.717) is 27.1 Å². The lowest BCUT2D eigenvalue weighted by Gasteiger charge is -2.08. The van der Waals surface area contributed by atoms with Crippen molar-refractivity contribution in [1.82, 2.24) is 19.7 Å². The number of halogens is 1. The number of anilines is 1. The lowest BCUT2D eigenvalue weighted by Crippen LogP contribution is -2.14. The van der Waals surface area contributed by atoms with E-state index in [2.05, 4.69) is 20.4 Å². The first-order valence-corrected chi connectivity index (χ1v) is 11.7. The highest BCUT2D eigenvalue weighted by molar-refractivity contribution is 8.00. The van der Waals surface area contributed by atoms with Gasteiger partial charge in [-0.1, -0.05) is 41.6 Å². The van der Waals surface area contributed by atoms with Crippen LogP contribution in [0, 0.1) is 0 Å². The summed E-state index contributed by atoms with van der Waals surface area (Å²) in [6, 6.07) is 24.1. The van der Waals surface area contributed by atoms with Gasteiger partial charge >= 0.3 is 0 Å². The van der Waals surface area contributed by atoms with Gasteiger partial charge in [0, 0.05) is 10.7 Å². The largest absolute Gasteiger partial charge is 0.457 e. The Bertz CT molecular complexity index is 1420. The molecule has 0 saturated heterocycles. The zero-order valence-electron chi connectivity index (χ0n) is 17.8. The number of nitrogens with one attached hydrogen (secondary N) is 1. The number of fused-ring (bicyclic) bond motifs is 1. The molecule has 1 N–H and O–H groups in total. The number of nitrogens with zero attached hydrogens (tertiary/aromatic N) is 4. The molecule has 0 saturated carbocycles. The fourth-order valence-corrected chi connectivity index (χ4v) is 4.16. The molecule has 0 spiro atoms. The summed E-state index contributed by atoms with van der Waals surface area (Å²) in [7, 11) is 0. The molecule has 0 atom stereocenters. The second-order valence-corrected chi connectivity index (χ2v) is 8.63. The van der Waals surface area contributed by atoms with Crippen LogP contribution in [-0.4, -0.2) is 31.4 Å². The SMILES string of the molecule is O=C(CSc1ncnc2c1cnn2-c1ccc(Cl)cc1)Nc1ccc(Oc2ccccc2)cc1. The smallest absolute Gasteiger partial charge is 0.234 e. The monoisotopic (exact) mass is 487 g/mol. The molecule has 168 valence electrons. The predicted octanol–water partition coefficient (Wildman–Crippen LogP) is 5.99. The molecule has 5 aromatic rings. The summed E-state index contributed by atoms with van der Waals surface area (Å²) in [6.07, 6.45) is 3.18. The normalized spacial score (nSPS) is 10.9. The van der Waals surface area contributed by atoms with Crippen LogP contribution in [0.2, 0.25) is 5.02 Å². The number of benzene rings is 3. The van der Waals surface area contributed by atoms with Crippen LogP contribution in [0.15, 0.2) is 96.4 Å². The van der Waals surface area contributed by atoms with E-state index in [1.54, 1.807) is 35.1 Å². The molecule has 0 unspecified atom stereocenters. The maximum absolute atomic E-state index is 12.5. The molecular weight excluding hydrogens is 470 g/mol. The summed E-state index contributed by atoms with van der Waals surface area (Å²) < 4.78 is 7.50. The number of hydrogen-bond donors (Lipinski definition) is 1. The highest BCUT2D eigenvalue weighted by Gasteiger charge is 2.13. The number of aromatic nitrogens is 4. The molecule has 0 fully saturated rings. The first-order valence-electron chi connectivity index (χ1n) is 10.4. The third-order valence-corrected chi connectivity index (χ3v) is 6.11. The Morgan fingerprint density at radius 2 is 1.68 bits per heavy atom. The lowest BCUT2D eigenvalue weighted by molar-refractivity contribution is -0.113. The van der Waals surface area contributed by atoms with E-state index in [1.807, 2.05) is 54.6 Å². The molecule has 0 aliphatic rings. The van der Waals surface area contributed by atoms with Gasteiger partial charge in [0.2, 0.25) is 5.91 Å². The minimum Gasteiger partial charge on any atom is -0.457 e. The Kier molecular flexibility index (Phi) is 6.42. The van der Waals surface area contributed by atoms with E-state index in [9.17, 15) is 4.79 Å². The molecule has 0 aliphatic heterocycles. The Morgan fingerprint density at radius 1 is 0.941 bits per heavy atom. The van der Waals surface area contributed by atoms with Gasteiger partial charge < -0.3 is 10.1 Å². The van der Waals surface area contributed by atoms with Crippen LogP contribution in [0.3, 0.4) is 0 Å². The quantitative estimate of drug-likeness (QED) is 0.224. The first kappa shape index (κ1) is 21.9. The van der Waals surface area contributed by atoms with Crippen LogP contribution in [0.1, 0.15) is 0 Å². The van der Waals surface area contributed by atoms with E-state index in [0.717, 1.165) is 16.8 Å². The van der Waals surface area contributed by atoms with E-state index < -0.39 is 0 Å². The molecule has 0 aliphatic carbocycles. The molecule has 2 aromatic heterocycles. The van der Waals surface area contributed by atoms with Gasteiger partial charge in [-0.2, -0.15) is 5.10 Å². The Balaban J connectivity index is 1.22. The van der Waals surface area contributed by atoms with Crippen molar-refractivity contribution in [2.45, 2.75) is 5.03 Å². The van der Waals surface area contributed by atoms with E-state index in [4.69, 9.17) is 16.3 Å². The van der Waals surface area contributed by atoms with Gasteiger partial charge in [0.05, 0.1) is 23.0 Å². The van der Waals surface area contributed by atoms with Gasteiger partial charge in [-0.05, 0) is 60.7 Å². The van der Waals surface area contributed by atoms with Gasteiger partial charge in [-0.25, -0.2) is 14.6 Å². The van der Waals surface area contributed by atoms with Crippen molar-refractivity contribution in [1.29, 1.82) is 0 Å². The van der Waals surface area contributed by atoms with Gasteiger partial charge in [0.1, 0.15) is 22.9 Å². The summed E-state index contributed by atoms with van der Waals surface area (Å²) in [5.74, 6) is 1.50. The number of thioether (sulfide) groups is 1. The summed E-state index contributed by atoms with van der Waals surface area (Å²) >= 11 is 7.31. The fraction of sp³-hybridized carbons (Fsp3) is 0.0400. The van der Waals surface area contributed by atoms with Crippen LogP contribution >= 0.6 is 23.4 Å². The number of carbonyl (C=O) groups excluding carboxylic acids is 1. The lowest BCUT2D eigenvalue weighted by atomic mass is 10.3. The molecule has 0 bridgehead atoms. The Morgan fingerprint density at radius 3 is 2.44 bits per heavy atom. The van der Waals surface area contributed by atoms with Crippen molar-refractivity contribution < 1.29 is 9.53 Å². The van der Waals surface area contributed by atoms with Gasteiger partial charge in [0.15, 0.2) is 5.65 Å². The molecule has 7 nitrogen and oxygen atoms in total. The van der Waals surface area contributed by atoms with E-state index in [-0.39, 0.29) is 11.7 Å². The van der Waals surface area contributed by atoms with Crippen LogP contribution in [-0.2, 0) is 4.79 Å². The summed E-state index contributed by atoms with van der Waals surface area (Å²) in [6.45, 7) is 0. The summed E-state index contributed by atoms with van der Waals surface area (Å²) in [4.78, 5) is 21.2. The average molecular weight is 488 g/mol. The standard InChI is InChI=1S/C25H18ClN5O2S/c26-17-6-10-19(11-7-17)31-24-22(14-29-31)25(28-16-27-24)34-15-23(32)30-18-8-12-21(13-9-18)33-20-4-2-1-3-5-20/h1-14,16H,15H2,(H,30,32). The molecule has 3 aromatic carbocycles. The van der Waals surface area contributed by atoms with Crippen molar-refractivity contribution in [3.63, 3.8) is 0 Å². The molecule has 0 radical (unpaired) electrons. The number of amides is 1. The zero-order chi connectivity index (χ0) is 23.3. The van der Waals surface area contributed by atoms with Crippen molar-refractivity contribution in [3.8, 4) is 17.2 Å². The number of hydrogen-bond acceptors (Lipinski definition) is 6. The molecule has 5 rings (SSSR count). The molecule has 2 heterocycles. The topological polar surface area (TPSA) is 81.9 Å². The Labute approximate surface area is 204 Å². The number of carbonyl (C=O) groups is 1. The number of rotatable bonds is 7. The highest BCUT2D eigenvalue weighted by Crippen LogP contribution is 2.27. The van der Waals surface area contributed by atoms with Crippen LogP contribution < -0.4 is 10.1 Å². The minimum absolute atomic E-state index is 0.140. The van der Waals surface area contributed by atoms with Crippen molar-refractivity contribution in [3.05, 3.63) is 96.4 Å². The Hall–Kier alpha value is -3.88. The van der Waals surface area contributed by atoms with Crippen LogP contribution in [0.5, 0.6) is 11.5 Å². The van der Waals surface area contributed by atoms with Gasteiger partial charge in [-0.15, -0.1) is 0 Å². The summed E-state index contributed by atoms with van der Waals surface area (Å²) in [5, 5.41) is 9.44. The van der Waals surface area contributed by atoms with Crippen LogP contribution in [0.4, 0.5) is 5.69 Å². The maximum atomic E-state index is 12.5. The molecule has 1 amide bonds. The van der Waals surface area contributed by atoms with Crippen LogP contribution in [0.25, 0.3) is 16.7 Å². The van der Waals surface area contributed by atoms with E-state index >= 15 is 0 Å². The molecule has 9 heteroatoms. The van der Waals surface area contributed by atoms with Gasteiger partial charge in [-0.3, -0.25) is 4.79 Å². The third-order valence-electron chi connectivity index (χ3n) is 4.86. The average Bonchev–Trinajstić information content (AvgIpc) is 3.30. The number of para-hydroxylation sites is 1. The maximum Gasteiger partial charge on any atom is 0.234 e. The summed E-state index contributed by atoms with van der Waals surface area (Å²) in [5.41, 5.74) is 2.19. The first-order chi connectivity index (χ1) is 16.7. The molecule has 34 heavy (non-hydrogen) atoms. The molecular formula is C25H18ClN5O2S. The highest BCUT2D eigenvalue weighted by atomic mass is 35.5. The zero-order valence-corrected chi connectivity index (χ0v) is 19.3. The van der Waals surface area contributed by atoms with E-state index in [1.165, 1.54) is 18.1 Å². The van der Waals surface area contributed by atoms with Crippen molar-refractivity contribution in [2.75, 3.05) is 11.1 Å². The third kappa shape index (κ3) is 5.03. The van der Waals surface area contributed by atoms with Crippen molar-refractivity contribution >= 4 is 46.0 Å². The van der Waals surface area contributed by atoms with Crippen molar-refractivity contribution in [2.24, 2.45) is 0 Å². The number of ether oxygens (including phenoxy) is 1. The fourth-order valence-electron chi connectivity index (χ4n) is 3.27.